The van der Waals surface area contributed by atoms with Gasteiger partial charge in [0.15, 0.2) is 5.82 Å². The smallest absolute Gasteiger partial charge is 0.220 e. The molecule has 4 N–H and O–H groups in total. The lowest BCUT2D eigenvalue weighted by atomic mass is 9.99. The van der Waals surface area contributed by atoms with Gasteiger partial charge in [-0.2, -0.15) is 0 Å². The number of aryl methyl sites for hydroxylation is 2. The maximum atomic E-state index is 11.7. The van der Waals surface area contributed by atoms with E-state index in [1.807, 2.05) is 35.8 Å². The molecule has 11 heteroatoms. The molecule has 0 radical (unpaired) electrons. The van der Waals surface area contributed by atoms with Crippen LogP contribution in [0.15, 0.2) is 41.7 Å². The fourth-order valence-electron chi connectivity index (χ4n) is 3.68. The summed E-state index contributed by atoms with van der Waals surface area (Å²) in [6, 6.07) is 7.07. The van der Waals surface area contributed by atoms with Gasteiger partial charge in [0.05, 0.1) is 18.3 Å². The predicted octanol–water partition coefficient (Wildman–Crippen LogP) is 4.08. The molecule has 0 saturated carbocycles. The van der Waals surface area contributed by atoms with Crippen LogP contribution in [-0.2, 0) is 4.79 Å². The van der Waals surface area contributed by atoms with Crippen LogP contribution in [0.4, 0.5) is 0 Å². The summed E-state index contributed by atoms with van der Waals surface area (Å²) in [6.45, 7) is 6.08. The normalized spacial score (nSPS) is 14.2. The molecule has 0 saturated heterocycles. The summed E-state index contributed by atoms with van der Waals surface area (Å²) >= 11 is 7.74. The summed E-state index contributed by atoms with van der Waals surface area (Å²) in [4.78, 5) is 24.3. The molecule has 3 aromatic heterocycles. The van der Waals surface area contributed by atoms with Crippen molar-refractivity contribution in [3.63, 3.8) is 0 Å². The van der Waals surface area contributed by atoms with Crippen molar-refractivity contribution in [2.45, 2.75) is 33.2 Å². The van der Waals surface area contributed by atoms with Crippen LogP contribution in [0.25, 0.3) is 5.00 Å². The minimum atomic E-state index is -0.492. The molecule has 1 amide bonds. The summed E-state index contributed by atoms with van der Waals surface area (Å²) < 4.78 is 2.00. The van der Waals surface area contributed by atoms with Gasteiger partial charge < -0.3 is 16.1 Å². The largest absolute Gasteiger partial charge is 0.370 e. The average Bonchev–Trinajstić information content (AvgIpc) is 3.51. The Morgan fingerprint density at radius 1 is 1.26 bits per heavy atom. The van der Waals surface area contributed by atoms with Crippen molar-refractivity contribution in [3.8, 4) is 5.00 Å². The predicted molar refractivity (Wildman–Crippen MR) is 134 cm³/mol. The van der Waals surface area contributed by atoms with E-state index in [1.54, 1.807) is 23.7 Å². The van der Waals surface area contributed by atoms with Gasteiger partial charge in [0.2, 0.25) is 5.91 Å². The minimum Gasteiger partial charge on any atom is -0.370 e. The number of fused-ring (bicyclic) bond motifs is 3. The summed E-state index contributed by atoms with van der Waals surface area (Å²) in [5.41, 5.74) is 9.45. The maximum absolute atomic E-state index is 11.7. The highest BCUT2D eigenvalue weighted by molar-refractivity contribution is 7.15. The number of imidazole rings is 1. The molecule has 0 bridgehead atoms. The molecule has 1 aliphatic rings. The van der Waals surface area contributed by atoms with Crippen LogP contribution in [0.3, 0.4) is 0 Å². The molecule has 34 heavy (non-hydrogen) atoms. The van der Waals surface area contributed by atoms with E-state index in [2.05, 4.69) is 34.0 Å². The summed E-state index contributed by atoms with van der Waals surface area (Å²) in [7, 11) is 0. The lowest BCUT2D eigenvalue weighted by Gasteiger charge is -2.11. The Labute approximate surface area is 205 Å². The number of hydrogen-bond acceptors (Lipinski definition) is 7. The molecule has 9 nitrogen and oxygen atoms in total. The Bertz CT molecular complexity index is 1370. The van der Waals surface area contributed by atoms with E-state index in [1.165, 1.54) is 11.1 Å². The number of rotatable bonds is 4. The Hall–Kier alpha value is -3.63. The van der Waals surface area contributed by atoms with Crippen molar-refractivity contribution >= 4 is 40.8 Å². The number of benzene rings is 1. The summed E-state index contributed by atoms with van der Waals surface area (Å²) in [6.07, 6.45) is 4.53. The molecule has 4 aromatic rings. The van der Waals surface area contributed by atoms with E-state index in [4.69, 9.17) is 27.7 Å². The Morgan fingerprint density at radius 3 is 2.59 bits per heavy atom. The first-order valence-electron chi connectivity index (χ1n) is 10.4. The van der Waals surface area contributed by atoms with E-state index in [0.29, 0.717) is 16.7 Å². The molecular formula is C23H23ClN8OS. The fraction of sp³-hybridized carbons (Fsp3) is 0.217. The number of H-pyrrole nitrogens is 1. The number of carbonyl (C=O) groups is 1. The minimum absolute atomic E-state index is 0.0716. The molecule has 1 atom stereocenters. The van der Waals surface area contributed by atoms with Crippen molar-refractivity contribution in [2.24, 2.45) is 10.7 Å². The number of nitrogens with one attached hydrogen (secondary N) is 2. The number of halogens is 1. The van der Waals surface area contributed by atoms with Gasteiger partial charge in [-0.05, 0) is 38.5 Å². The lowest BCUT2D eigenvalue weighted by molar-refractivity contribution is -0.118. The third-order valence-electron chi connectivity index (χ3n) is 5.41. The van der Waals surface area contributed by atoms with E-state index in [0.717, 1.165) is 33.2 Å². The van der Waals surface area contributed by atoms with Gasteiger partial charge in [-0.15, -0.1) is 21.5 Å². The highest BCUT2D eigenvalue weighted by Crippen LogP contribution is 2.39. The SMILES string of the molecule is Cc1sc2c(c1C)C(c1ccc(Cl)cc1)=N[C@@H](CC(N)=O)c1nnc(C)n1-2.N=Cc1ncc[nH]1. The molecule has 0 unspecified atom stereocenters. The molecule has 1 aliphatic heterocycles. The van der Waals surface area contributed by atoms with E-state index < -0.39 is 11.9 Å². The van der Waals surface area contributed by atoms with Gasteiger partial charge in [0, 0.05) is 33.4 Å². The van der Waals surface area contributed by atoms with Crippen LogP contribution >= 0.6 is 22.9 Å². The number of nitrogens with zero attached hydrogens (tertiary/aromatic N) is 5. The van der Waals surface area contributed by atoms with Crippen molar-refractivity contribution < 1.29 is 4.79 Å². The van der Waals surface area contributed by atoms with Crippen LogP contribution in [0.1, 0.15) is 51.5 Å². The van der Waals surface area contributed by atoms with Crippen LogP contribution < -0.4 is 5.73 Å². The van der Waals surface area contributed by atoms with E-state index >= 15 is 0 Å². The zero-order valence-corrected chi connectivity index (χ0v) is 20.4. The Balaban J connectivity index is 0.000000336. The molecule has 0 spiro atoms. The molecule has 0 fully saturated rings. The second-order valence-electron chi connectivity index (χ2n) is 7.69. The zero-order valence-electron chi connectivity index (χ0n) is 18.8. The standard InChI is InChI=1S/C19H18ClN5OS.C4H5N3/c1-9-10(2)27-19-16(9)17(12-4-6-13(20)7-5-12)22-14(8-15(21)26)18-24-23-11(3)25(18)19;5-3-4-6-1-2-7-4/h4-7,14H,8H2,1-3H3,(H2,21,26);1-3,5H,(H,6,7)/t14-;/m0./s1. The van der Waals surface area contributed by atoms with Gasteiger partial charge in [-0.1, -0.05) is 23.7 Å². The van der Waals surface area contributed by atoms with Crippen LogP contribution in [-0.4, -0.2) is 42.6 Å². The van der Waals surface area contributed by atoms with Gasteiger partial charge in [0.1, 0.15) is 22.7 Å². The first kappa shape index (κ1) is 23.5. The van der Waals surface area contributed by atoms with Crippen LogP contribution in [0.5, 0.6) is 0 Å². The van der Waals surface area contributed by atoms with Crippen molar-refractivity contribution in [2.75, 3.05) is 0 Å². The number of hydrogen-bond donors (Lipinski definition) is 3. The van der Waals surface area contributed by atoms with Gasteiger partial charge in [-0.25, -0.2) is 4.98 Å². The second-order valence-corrected chi connectivity index (χ2v) is 9.33. The van der Waals surface area contributed by atoms with Crippen LogP contribution in [0, 0.1) is 26.2 Å². The molecule has 174 valence electrons. The number of aromatic nitrogens is 5. The Kier molecular flexibility index (Phi) is 6.71. The van der Waals surface area contributed by atoms with Crippen molar-refractivity contribution in [3.05, 3.63) is 80.7 Å². The van der Waals surface area contributed by atoms with Crippen LogP contribution in [0.2, 0.25) is 5.02 Å². The zero-order chi connectivity index (χ0) is 24.4. The molecule has 1 aromatic carbocycles. The monoisotopic (exact) mass is 494 g/mol. The van der Waals surface area contributed by atoms with Crippen molar-refractivity contribution in [1.29, 1.82) is 5.41 Å². The average molecular weight is 495 g/mol. The quantitative estimate of drug-likeness (QED) is 0.368. The number of aromatic amines is 1. The third-order valence-corrected chi connectivity index (χ3v) is 6.85. The van der Waals surface area contributed by atoms with E-state index in [-0.39, 0.29) is 6.42 Å². The highest BCUT2D eigenvalue weighted by Gasteiger charge is 2.31. The molecule has 0 aliphatic carbocycles. The molecule has 5 rings (SSSR count). The number of thiophene rings is 1. The number of carbonyl (C=O) groups excluding carboxylic acids is 1. The topological polar surface area (TPSA) is 139 Å². The number of amides is 1. The van der Waals surface area contributed by atoms with E-state index in [9.17, 15) is 4.79 Å². The van der Waals surface area contributed by atoms with Gasteiger partial charge in [-0.3, -0.25) is 14.4 Å². The van der Waals surface area contributed by atoms with Crippen molar-refractivity contribution in [1.82, 2.24) is 24.7 Å². The second kappa shape index (κ2) is 9.70. The maximum Gasteiger partial charge on any atom is 0.220 e. The first-order chi connectivity index (χ1) is 16.3. The highest BCUT2D eigenvalue weighted by atomic mass is 35.5. The molecule has 4 heterocycles. The number of nitrogens with two attached hydrogens (primary N) is 1. The lowest BCUT2D eigenvalue weighted by Crippen LogP contribution is -2.17. The molecular weight excluding hydrogens is 472 g/mol. The summed E-state index contributed by atoms with van der Waals surface area (Å²) in [5.74, 6) is 1.57. The number of primary amides is 1. The third kappa shape index (κ3) is 4.55. The van der Waals surface area contributed by atoms with Gasteiger partial charge >= 0.3 is 0 Å². The number of aliphatic imine (C=N–C) groups is 1. The van der Waals surface area contributed by atoms with Gasteiger partial charge in [0.25, 0.3) is 0 Å². The fourth-order valence-corrected chi connectivity index (χ4v) is 5.02. The first-order valence-corrected chi connectivity index (χ1v) is 11.6. The summed E-state index contributed by atoms with van der Waals surface area (Å²) in [5, 5.41) is 16.9. The Morgan fingerprint density at radius 2 is 2.00 bits per heavy atom.